The number of rotatable bonds is 4. The van der Waals surface area contributed by atoms with E-state index in [1.807, 2.05) is 0 Å². The molecule has 168 valence electrons. The van der Waals surface area contributed by atoms with Gasteiger partial charge in [0, 0.05) is 25.7 Å². The Hall–Kier alpha value is -0.880. The molecule has 3 saturated carbocycles. The topological polar surface area (TPSA) is 72.8 Å². The highest BCUT2D eigenvalue weighted by molar-refractivity contribution is 9.09. The van der Waals surface area contributed by atoms with Crippen molar-refractivity contribution in [3.8, 4) is 0 Å². The lowest BCUT2D eigenvalue weighted by Crippen LogP contribution is -2.55. The summed E-state index contributed by atoms with van der Waals surface area (Å²) in [6, 6.07) is 0. The Morgan fingerprint density at radius 2 is 1.90 bits per heavy atom. The van der Waals surface area contributed by atoms with Crippen LogP contribution in [-0.2, 0) is 19.1 Å². The maximum atomic E-state index is 11.7. The number of halogens is 1. The molecule has 1 N–H and O–H groups in total. The number of carbonyl (C=O) groups excluding carboxylic acids is 2. The Balaban J connectivity index is 1.62. The van der Waals surface area contributed by atoms with Crippen LogP contribution < -0.4 is 0 Å². The van der Waals surface area contributed by atoms with Crippen LogP contribution in [-0.4, -0.2) is 40.7 Å². The first-order chi connectivity index (χ1) is 13.9. The van der Waals surface area contributed by atoms with Crippen LogP contribution in [0.25, 0.3) is 0 Å². The minimum absolute atomic E-state index is 0.0215. The van der Waals surface area contributed by atoms with Gasteiger partial charge in [-0.25, -0.2) is 0 Å². The first-order valence-electron chi connectivity index (χ1n) is 11.2. The van der Waals surface area contributed by atoms with Crippen molar-refractivity contribution in [2.75, 3.05) is 6.61 Å². The quantitative estimate of drug-likeness (QED) is 0.365. The molecule has 9 atom stereocenters. The first-order valence-corrected chi connectivity index (χ1v) is 12.2. The molecule has 0 spiro atoms. The molecular weight excluding hydrogens is 448 g/mol. The molecule has 0 unspecified atom stereocenters. The van der Waals surface area contributed by atoms with Gasteiger partial charge in [0.1, 0.15) is 12.7 Å². The Labute approximate surface area is 188 Å². The van der Waals surface area contributed by atoms with E-state index < -0.39 is 0 Å². The lowest BCUT2D eigenvalue weighted by molar-refractivity contribution is -0.156. The van der Waals surface area contributed by atoms with E-state index >= 15 is 0 Å². The van der Waals surface area contributed by atoms with Crippen LogP contribution in [0.5, 0.6) is 0 Å². The van der Waals surface area contributed by atoms with Crippen molar-refractivity contribution >= 4 is 27.9 Å². The van der Waals surface area contributed by atoms with Gasteiger partial charge in [0.25, 0.3) is 0 Å². The van der Waals surface area contributed by atoms with Crippen molar-refractivity contribution in [2.45, 2.75) is 83.8 Å². The average Bonchev–Trinajstić information content (AvgIpc) is 3.34. The average molecular weight is 483 g/mol. The van der Waals surface area contributed by atoms with Gasteiger partial charge in [-0.2, -0.15) is 0 Å². The molecule has 4 aliphatic rings. The van der Waals surface area contributed by atoms with Crippen LogP contribution in [0.3, 0.4) is 0 Å². The Bertz CT molecular complexity index is 780. The summed E-state index contributed by atoms with van der Waals surface area (Å²) < 4.78 is 11.0. The second-order valence-electron chi connectivity index (χ2n) is 11.0. The summed E-state index contributed by atoms with van der Waals surface area (Å²) in [6.07, 6.45) is 6.46. The number of aliphatic hydroxyl groups excluding tert-OH is 1. The summed E-state index contributed by atoms with van der Waals surface area (Å²) in [4.78, 5) is 23.0. The van der Waals surface area contributed by atoms with Crippen LogP contribution in [0.15, 0.2) is 11.6 Å². The van der Waals surface area contributed by atoms with E-state index in [2.05, 4.69) is 42.8 Å². The molecule has 0 amide bonds. The summed E-state index contributed by atoms with van der Waals surface area (Å²) >= 11 is 3.76. The summed E-state index contributed by atoms with van der Waals surface area (Å²) in [5, 5.41) is 11.2. The van der Waals surface area contributed by atoms with E-state index in [0.29, 0.717) is 18.4 Å². The molecule has 6 heteroatoms. The number of aliphatic hydroxyl groups is 1. The molecule has 0 aliphatic heterocycles. The molecule has 4 aliphatic carbocycles. The molecule has 0 aromatic carbocycles. The third kappa shape index (κ3) is 3.46. The smallest absolute Gasteiger partial charge is 0.302 e. The van der Waals surface area contributed by atoms with E-state index in [0.717, 1.165) is 32.1 Å². The second kappa shape index (κ2) is 7.33. The number of esters is 2. The van der Waals surface area contributed by atoms with E-state index in [1.165, 1.54) is 19.4 Å². The van der Waals surface area contributed by atoms with Gasteiger partial charge in [-0.3, -0.25) is 9.59 Å². The lowest BCUT2D eigenvalue weighted by atomic mass is 9.48. The van der Waals surface area contributed by atoms with Gasteiger partial charge in [0.15, 0.2) is 0 Å². The normalized spacial score (nSPS) is 47.7. The zero-order valence-electron chi connectivity index (χ0n) is 18.7. The number of fused-ring (bicyclic) bond motifs is 5. The van der Waals surface area contributed by atoms with Gasteiger partial charge in [-0.05, 0) is 54.3 Å². The molecule has 30 heavy (non-hydrogen) atoms. The maximum Gasteiger partial charge on any atom is 0.302 e. The minimum atomic E-state index is -0.356. The van der Waals surface area contributed by atoms with Gasteiger partial charge in [-0.15, -0.1) is 0 Å². The number of hydrogen-bond donors (Lipinski definition) is 1. The van der Waals surface area contributed by atoms with Crippen LogP contribution in [0.2, 0.25) is 0 Å². The lowest BCUT2D eigenvalue weighted by Gasteiger charge is -2.58. The summed E-state index contributed by atoms with van der Waals surface area (Å²) in [5.41, 5.74) is 1.36. The summed E-state index contributed by atoms with van der Waals surface area (Å²) in [7, 11) is 0. The van der Waals surface area contributed by atoms with Crippen molar-refractivity contribution in [2.24, 2.45) is 34.0 Å². The molecule has 3 fully saturated rings. The summed E-state index contributed by atoms with van der Waals surface area (Å²) in [5.74, 6) is 0.479. The molecule has 0 heterocycles. The van der Waals surface area contributed by atoms with E-state index in [-0.39, 0.29) is 51.1 Å². The highest BCUT2D eigenvalue weighted by atomic mass is 79.9. The van der Waals surface area contributed by atoms with Crippen LogP contribution in [0, 0.1) is 34.0 Å². The van der Waals surface area contributed by atoms with E-state index in [1.54, 1.807) is 0 Å². The Morgan fingerprint density at radius 1 is 1.20 bits per heavy atom. The number of hydrogen-bond acceptors (Lipinski definition) is 5. The molecule has 5 nitrogen and oxygen atoms in total. The molecule has 0 saturated heterocycles. The Morgan fingerprint density at radius 3 is 2.53 bits per heavy atom. The van der Waals surface area contributed by atoms with Crippen molar-refractivity contribution in [1.82, 2.24) is 0 Å². The first kappa shape index (κ1) is 22.3. The summed E-state index contributed by atoms with van der Waals surface area (Å²) in [6.45, 7) is 10.2. The van der Waals surface area contributed by atoms with Crippen molar-refractivity contribution in [3.05, 3.63) is 11.6 Å². The molecule has 0 radical (unpaired) electrons. The largest absolute Gasteiger partial charge is 0.465 e. The predicted molar refractivity (Wildman–Crippen MR) is 117 cm³/mol. The standard InChI is InChI=1S/C24H35BrO5/c1-13(26)29-12-21(25)22(3)7-6-16-15(9-22)18(28)8-20-23(4)10-17(23)19(30-14(2)27)11-24(16,20)5/h6,15,17-21,28H,7-12H2,1-5H3/t15-,17+,18-,19-,20-,21+,22+,23+,24+/m1/s1. The highest BCUT2D eigenvalue weighted by Gasteiger charge is 2.70. The monoisotopic (exact) mass is 482 g/mol. The van der Waals surface area contributed by atoms with Gasteiger partial charge < -0.3 is 14.6 Å². The van der Waals surface area contributed by atoms with Crippen LogP contribution in [0.4, 0.5) is 0 Å². The second-order valence-corrected chi connectivity index (χ2v) is 12.1. The fraction of sp³-hybridized carbons (Fsp3) is 0.833. The predicted octanol–water partition coefficient (Wildman–Crippen LogP) is 4.40. The van der Waals surface area contributed by atoms with E-state index in [4.69, 9.17) is 9.47 Å². The third-order valence-corrected chi connectivity index (χ3v) is 10.3. The molecule has 4 rings (SSSR count). The zero-order valence-corrected chi connectivity index (χ0v) is 20.3. The fourth-order valence-electron chi connectivity index (χ4n) is 7.23. The van der Waals surface area contributed by atoms with E-state index in [9.17, 15) is 14.7 Å². The number of carbonyl (C=O) groups is 2. The third-order valence-electron chi connectivity index (χ3n) is 8.97. The number of ether oxygens (including phenoxy) is 2. The molecule has 0 bridgehead atoms. The molecular formula is C24H35BrO5. The van der Waals surface area contributed by atoms with Gasteiger partial charge >= 0.3 is 11.9 Å². The highest BCUT2D eigenvalue weighted by Crippen LogP contribution is 2.74. The maximum absolute atomic E-state index is 11.7. The minimum Gasteiger partial charge on any atom is -0.465 e. The van der Waals surface area contributed by atoms with Crippen molar-refractivity contribution in [3.63, 3.8) is 0 Å². The van der Waals surface area contributed by atoms with Gasteiger partial charge in [0.2, 0.25) is 0 Å². The number of allylic oxidation sites excluding steroid dienone is 1. The Kier molecular flexibility index (Phi) is 5.45. The van der Waals surface area contributed by atoms with Crippen LogP contribution in [0.1, 0.15) is 66.7 Å². The van der Waals surface area contributed by atoms with Crippen molar-refractivity contribution in [1.29, 1.82) is 0 Å². The number of alkyl halides is 1. The zero-order chi connectivity index (χ0) is 22.1. The molecule has 0 aromatic rings. The SMILES string of the molecule is CC(=O)OC[C@H](Br)[C@@]1(C)CC=C2[C@@H](C1)[C@H](O)C[C@@H]1[C@@]3(C)C[C@H]3[C@H](OC(C)=O)C[C@@]21C. The van der Waals surface area contributed by atoms with Crippen LogP contribution >= 0.6 is 15.9 Å². The molecule has 0 aromatic heterocycles. The fourth-order valence-corrected chi connectivity index (χ4v) is 7.74. The van der Waals surface area contributed by atoms with Gasteiger partial charge in [0.05, 0.1) is 10.9 Å². The van der Waals surface area contributed by atoms with Gasteiger partial charge in [-0.1, -0.05) is 48.4 Å². The van der Waals surface area contributed by atoms with Crippen molar-refractivity contribution < 1.29 is 24.2 Å².